The smallest absolute Gasteiger partial charge is 0.319 e. The Morgan fingerprint density at radius 2 is 1.70 bits per heavy atom. The topological polar surface area (TPSA) is 78.0 Å². The maximum atomic E-state index is 17.6. The molecule has 4 aromatic rings. The Kier molecular flexibility index (Phi) is 12.5. The first kappa shape index (κ1) is 40.4. The van der Waals surface area contributed by atoms with Gasteiger partial charge in [-0.3, -0.25) is 0 Å². The molecule has 1 aromatic heterocycles. The summed E-state index contributed by atoms with van der Waals surface area (Å²) in [6.07, 6.45) is 3.38. The van der Waals surface area contributed by atoms with E-state index in [4.69, 9.17) is 28.9 Å². The van der Waals surface area contributed by atoms with E-state index < -0.39 is 20.1 Å². The minimum atomic E-state index is -2.08. The lowest BCUT2D eigenvalue weighted by Gasteiger charge is -2.38. The molecule has 0 radical (unpaired) electrons. The molecule has 11 heteroatoms. The number of hydrogen-bond acceptors (Lipinski definition) is 8. The first-order valence-corrected chi connectivity index (χ1v) is 22.8. The van der Waals surface area contributed by atoms with Crippen LogP contribution in [0.4, 0.5) is 14.6 Å². The van der Waals surface area contributed by atoms with Gasteiger partial charge in [0.1, 0.15) is 31.3 Å². The number of rotatable bonds is 11. The average Bonchev–Trinajstić information content (AvgIpc) is 3.50. The molecule has 3 aliphatic heterocycles. The third kappa shape index (κ3) is 8.26. The van der Waals surface area contributed by atoms with Crippen LogP contribution in [0.5, 0.6) is 11.8 Å². The second kappa shape index (κ2) is 17.4. The predicted octanol–water partition coefficient (Wildman–Crippen LogP) is 9.62. The van der Waals surface area contributed by atoms with Crippen LogP contribution >= 0.6 is 0 Å². The van der Waals surface area contributed by atoms with Crippen LogP contribution in [0.1, 0.15) is 79.2 Å². The fourth-order valence-electron chi connectivity index (χ4n) is 9.64. The molecule has 3 aromatic carbocycles. The molecule has 0 amide bonds. The summed E-state index contributed by atoms with van der Waals surface area (Å²) in [4.78, 5) is 11.9. The highest BCUT2D eigenvalue weighted by molar-refractivity contribution is 6.90. The van der Waals surface area contributed by atoms with Gasteiger partial charge < -0.3 is 29.2 Å². The summed E-state index contributed by atoms with van der Waals surface area (Å²) in [5.74, 6) is 4.39. The van der Waals surface area contributed by atoms with E-state index in [1.165, 1.54) is 0 Å². The van der Waals surface area contributed by atoms with E-state index in [0.29, 0.717) is 70.8 Å². The Hall–Kier alpha value is -3.82. The number of methoxy groups -OCH3 is 1. The number of anilines is 1. The Labute approximate surface area is 332 Å². The Morgan fingerprint density at radius 1 is 0.946 bits per heavy atom. The summed E-state index contributed by atoms with van der Waals surface area (Å²) in [5, 5.41) is 5.53. The summed E-state index contributed by atoms with van der Waals surface area (Å²) in [7, 11) is -0.502. The number of halogens is 2. The zero-order chi connectivity index (χ0) is 39.6. The lowest BCUT2D eigenvalue weighted by Crippen LogP contribution is -2.43. The Bertz CT molecular complexity index is 2050. The van der Waals surface area contributed by atoms with Crippen molar-refractivity contribution in [1.82, 2.24) is 15.3 Å². The molecule has 3 saturated heterocycles. The number of aromatic nitrogens is 2. The molecular formula is C45H58F2N4O4Si. The number of fused-ring (bicyclic) bond motifs is 4. The number of hydrogen-bond donors (Lipinski definition) is 1. The SMILES string of the molecule is COCOc1cc(-c2ccc3c(N4CC5CCC(C4)O5)nc(OC[C@@H]4CCCNC[C@H](F)C4)nc3c2F)c2c(C#C[Si](C(C)C)(C(C)C)C(C)C)cccc2c1. The zero-order valence-corrected chi connectivity index (χ0v) is 35.1. The Morgan fingerprint density at radius 3 is 2.41 bits per heavy atom. The van der Waals surface area contributed by atoms with Gasteiger partial charge in [0.05, 0.1) is 18.8 Å². The van der Waals surface area contributed by atoms with Crippen LogP contribution in [-0.2, 0) is 9.47 Å². The Balaban J connectivity index is 1.38. The highest BCUT2D eigenvalue weighted by Gasteiger charge is 2.42. The molecule has 8 nitrogen and oxygen atoms in total. The van der Waals surface area contributed by atoms with E-state index in [1.807, 2.05) is 42.5 Å². The summed E-state index contributed by atoms with van der Waals surface area (Å²) >= 11 is 0. The fraction of sp³-hybridized carbons (Fsp3) is 0.556. The highest BCUT2D eigenvalue weighted by Crippen LogP contribution is 2.43. The van der Waals surface area contributed by atoms with Crippen LogP contribution in [0.25, 0.3) is 32.8 Å². The van der Waals surface area contributed by atoms with Crippen LogP contribution < -0.4 is 19.7 Å². The lowest BCUT2D eigenvalue weighted by atomic mass is 9.93. The quantitative estimate of drug-likeness (QED) is 0.0916. The van der Waals surface area contributed by atoms with Gasteiger partial charge in [-0.2, -0.15) is 9.97 Å². The number of nitrogens with zero attached hydrogens (tertiary/aromatic N) is 3. The summed E-state index contributed by atoms with van der Waals surface area (Å²) in [5.41, 5.74) is 7.35. The van der Waals surface area contributed by atoms with E-state index >= 15 is 4.39 Å². The van der Waals surface area contributed by atoms with Gasteiger partial charge in [0.2, 0.25) is 0 Å². The van der Waals surface area contributed by atoms with Gasteiger partial charge in [0.25, 0.3) is 0 Å². The largest absolute Gasteiger partial charge is 0.468 e. The van der Waals surface area contributed by atoms with Gasteiger partial charge in [-0.1, -0.05) is 65.7 Å². The van der Waals surface area contributed by atoms with E-state index in [2.05, 4.69) is 63.2 Å². The average molecular weight is 785 g/mol. The van der Waals surface area contributed by atoms with E-state index in [0.717, 1.165) is 48.6 Å². The predicted molar refractivity (Wildman–Crippen MR) is 224 cm³/mol. The second-order valence-corrected chi connectivity index (χ2v) is 22.5. The molecule has 3 aliphatic rings. The molecule has 2 bridgehead atoms. The van der Waals surface area contributed by atoms with E-state index in [-0.39, 0.29) is 43.1 Å². The lowest BCUT2D eigenvalue weighted by molar-refractivity contribution is 0.0302. The standard InChI is InChI=1S/C45H58F2N4O4Si/c1-28(2)56(29(3)4,30(5)6)19-17-32-11-8-12-33-21-37(54-27-52-7)22-40(41(32)33)38-15-16-39-43(42(38)47)49-45(53-26-31-10-9-18-48-23-34(46)20-31)50-44(39)51-24-35-13-14-36(25-51)55-35/h8,11-12,15-16,21-22,28-31,34-36,48H,9-10,13-14,18,20,23-27H2,1-7H3/t31-,34-,35?,36?/m1/s1. The maximum absolute atomic E-state index is 17.6. The van der Waals surface area contributed by atoms with Gasteiger partial charge in [0.15, 0.2) is 12.6 Å². The maximum Gasteiger partial charge on any atom is 0.319 e. The normalized spacial score (nSPS) is 21.8. The third-order valence-electron chi connectivity index (χ3n) is 12.3. The minimum absolute atomic E-state index is 0.00915. The van der Waals surface area contributed by atoms with Crippen molar-refractivity contribution >= 4 is 35.6 Å². The monoisotopic (exact) mass is 784 g/mol. The first-order chi connectivity index (χ1) is 27.0. The summed E-state index contributed by atoms with van der Waals surface area (Å²) in [6, 6.07) is 13.8. The van der Waals surface area contributed by atoms with Crippen molar-refractivity contribution in [2.45, 2.75) is 109 Å². The van der Waals surface area contributed by atoms with Crippen LogP contribution in [-0.4, -0.2) is 83.1 Å². The molecule has 0 aliphatic carbocycles. The number of alkyl halides is 1. The van der Waals surface area contributed by atoms with Gasteiger partial charge in [-0.25, -0.2) is 8.78 Å². The second-order valence-electron chi connectivity index (χ2n) is 16.9. The molecule has 300 valence electrons. The molecule has 56 heavy (non-hydrogen) atoms. The highest BCUT2D eigenvalue weighted by atomic mass is 28.3. The summed E-state index contributed by atoms with van der Waals surface area (Å²) in [6.45, 7) is 16.6. The van der Waals surface area contributed by atoms with Crippen LogP contribution in [0.2, 0.25) is 16.6 Å². The molecule has 4 atom stereocenters. The molecular weight excluding hydrogens is 727 g/mol. The van der Waals surface area contributed by atoms with Crippen molar-refractivity contribution in [1.29, 1.82) is 0 Å². The molecule has 0 spiro atoms. The van der Waals surface area contributed by atoms with Gasteiger partial charge in [-0.05, 0) is 96.4 Å². The number of nitrogens with one attached hydrogen (secondary N) is 1. The number of morpholine rings is 1. The van der Waals surface area contributed by atoms with E-state index in [9.17, 15) is 4.39 Å². The molecule has 7 rings (SSSR count). The van der Waals surface area contributed by atoms with Gasteiger partial charge >= 0.3 is 6.01 Å². The molecule has 0 saturated carbocycles. The van der Waals surface area contributed by atoms with Crippen LogP contribution in [0.3, 0.4) is 0 Å². The van der Waals surface area contributed by atoms with Crippen molar-refractivity contribution in [2.24, 2.45) is 5.92 Å². The zero-order valence-electron chi connectivity index (χ0n) is 34.1. The van der Waals surface area contributed by atoms with Gasteiger partial charge in [-0.15, -0.1) is 5.54 Å². The molecule has 1 N–H and O–H groups in total. The number of benzene rings is 3. The van der Waals surface area contributed by atoms with Crippen molar-refractivity contribution in [3.8, 4) is 34.4 Å². The van der Waals surface area contributed by atoms with Crippen LogP contribution in [0, 0.1) is 23.2 Å². The minimum Gasteiger partial charge on any atom is -0.468 e. The molecule has 3 fully saturated rings. The fourth-order valence-corrected chi connectivity index (χ4v) is 14.9. The summed E-state index contributed by atoms with van der Waals surface area (Å²) < 4.78 is 56.0. The first-order valence-electron chi connectivity index (χ1n) is 20.6. The number of ether oxygens (including phenoxy) is 4. The van der Waals surface area contributed by atoms with Crippen molar-refractivity contribution in [3.05, 3.63) is 53.8 Å². The van der Waals surface area contributed by atoms with E-state index in [1.54, 1.807) is 7.11 Å². The van der Waals surface area contributed by atoms with Crippen molar-refractivity contribution < 1.29 is 27.7 Å². The molecule has 4 heterocycles. The van der Waals surface area contributed by atoms with Gasteiger partial charge in [0, 0.05) is 48.6 Å². The molecule has 2 unspecified atom stereocenters. The third-order valence-corrected chi connectivity index (χ3v) is 18.6. The van der Waals surface area contributed by atoms with Crippen LogP contribution in [0.15, 0.2) is 42.5 Å². The van der Waals surface area contributed by atoms with Crippen molar-refractivity contribution in [3.63, 3.8) is 0 Å². The van der Waals surface area contributed by atoms with Crippen molar-refractivity contribution in [2.75, 3.05) is 51.6 Å².